The number of Topliss-reactive ketones (excluding diaryl/α,β-unsaturated/α-hetero) is 1. The second-order valence-corrected chi connectivity index (χ2v) is 6.38. The Morgan fingerprint density at radius 1 is 1.25 bits per heavy atom. The average Bonchev–Trinajstić information content (AvgIpc) is 2.64. The monoisotopic (exact) mass is 409 g/mol. The number of aryl methyl sites for hydroxylation is 1. The second kappa shape index (κ2) is 9.23. The summed E-state index contributed by atoms with van der Waals surface area (Å²) >= 11 is 5.96. The van der Waals surface area contributed by atoms with Crippen molar-refractivity contribution < 1.29 is 19.1 Å². The van der Waals surface area contributed by atoms with Gasteiger partial charge >= 0.3 is 11.7 Å². The number of carbonyl (C=O) groups is 2. The molecule has 0 amide bonds. The number of ketones is 1. The maximum absolute atomic E-state index is 12.3. The Morgan fingerprint density at radius 2 is 1.96 bits per heavy atom. The topological polar surface area (TPSA) is 133 Å². The van der Waals surface area contributed by atoms with E-state index in [9.17, 15) is 19.2 Å². The largest absolute Gasteiger partial charge is 0.480 e. The number of halogens is 1. The Morgan fingerprint density at radius 3 is 2.64 bits per heavy atom. The first-order chi connectivity index (χ1) is 13.2. The van der Waals surface area contributed by atoms with Crippen molar-refractivity contribution in [2.24, 2.45) is 0 Å². The highest BCUT2D eigenvalue weighted by atomic mass is 35.5. The fraction of sp³-hybridized carbons (Fsp3) is 0.333. The van der Waals surface area contributed by atoms with E-state index in [0.29, 0.717) is 17.2 Å². The summed E-state index contributed by atoms with van der Waals surface area (Å²) in [5.74, 6) is -1.62. The van der Waals surface area contributed by atoms with Gasteiger partial charge < -0.3 is 15.2 Å². The van der Waals surface area contributed by atoms with Gasteiger partial charge in [-0.05, 0) is 31.0 Å². The maximum Gasteiger partial charge on any atom is 0.344 e. The Hall–Kier alpha value is -3.07. The predicted molar refractivity (Wildman–Crippen MR) is 103 cm³/mol. The van der Waals surface area contributed by atoms with E-state index in [1.54, 1.807) is 25.1 Å². The van der Waals surface area contributed by atoms with Crippen LogP contribution in [0.5, 0.6) is 5.75 Å². The number of nitrogens with two attached hydrogens (primary N) is 1. The highest BCUT2D eigenvalue weighted by molar-refractivity contribution is 6.32. The van der Waals surface area contributed by atoms with Gasteiger partial charge in [-0.1, -0.05) is 24.6 Å². The summed E-state index contributed by atoms with van der Waals surface area (Å²) in [6.07, 6.45) is 0.567. The molecule has 0 saturated carbocycles. The summed E-state index contributed by atoms with van der Waals surface area (Å²) in [6.45, 7) is 2.67. The van der Waals surface area contributed by atoms with Crippen LogP contribution in [0.4, 0.5) is 5.82 Å². The van der Waals surface area contributed by atoms with Gasteiger partial charge in [0.05, 0.1) is 5.02 Å². The van der Waals surface area contributed by atoms with Gasteiger partial charge in [-0.3, -0.25) is 19.1 Å². The highest BCUT2D eigenvalue weighted by Crippen LogP contribution is 2.25. The van der Waals surface area contributed by atoms with Crippen molar-refractivity contribution in [3.63, 3.8) is 0 Å². The van der Waals surface area contributed by atoms with Crippen molar-refractivity contribution in [1.29, 1.82) is 0 Å². The Balaban J connectivity index is 2.03. The SMILES string of the molecule is CCCn1c(N)c(C(=O)COC(=O)COc2cc(C)ccc2Cl)c(=O)[nH]c1=O. The molecule has 0 aliphatic heterocycles. The molecule has 10 heteroatoms. The van der Waals surface area contributed by atoms with Crippen molar-refractivity contribution in [3.8, 4) is 5.75 Å². The Kier molecular flexibility index (Phi) is 7.00. The van der Waals surface area contributed by atoms with Crippen LogP contribution in [0.2, 0.25) is 5.02 Å². The predicted octanol–water partition coefficient (Wildman–Crippen LogP) is 1.30. The molecular weight excluding hydrogens is 390 g/mol. The number of nitrogens with one attached hydrogen (secondary N) is 1. The van der Waals surface area contributed by atoms with Crippen LogP contribution in [0, 0.1) is 6.92 Å². The number of aromatic nitrogens is 2. The smallest absolute Gasteiger partial charge is 0.344 e. The molecule has 0 aliphatic carbocycles. The van der Waals surface area contributed by atoms with Crippen LogP contribution in [0.3, 0.4) is 0 Å². The molecule has 0 fully saturated rings. The summed E-state index contributed by atoms with van der Waals surface area (Å²) in [5.41, 5.74) is 4.61. The van der Waals surface area contributed by atoms with Gasteiger partial charge in [0.15, 0.2) is 13.2 Å². The summed E-state index contributed by atoms with van der Waals surface area (Å²) in [6, 6.07) is 5.06. The minimum Gasteiger partial charge on any atom is -0.480 e. The van der Waals surface area contributed by atoms with Crippen LogP contribution in [0.25, 0.3) is 0 Å². The zero-order chi connectivity index (χ0) is 20.8. The van der Waals surface area contributed by atoms with E-state index in [1.807, 2.05) is 11.9 Å². The summed E-state index contributed by atoms with van der Waals surface area (Å²) in [4.78, 5) is 49.8. The van der Waals surface area contributed by atoms with E-state index in [4.69, 9.17) is 26.8 Å². The van der Waals surface area contributed by atoms with Crippen molar-refractivity contribution in [2.45, 2.75) is 26.8 Å². The molecule has 28 heavy (non-hydrogen) atoms. The molecule has 2 rings (SSSR count). The average molecular weight is 410 g/mol. The molecule has 0 unspecified atom stereocenters. The third kappa shape index (κ3) is 5.01. The van der Waals surface area contributed by atoms with Crippen LogP contribution in [0.1, 0.15) is 29.3 Å². The molecule has 1 aromatic heterocycles. The summed E-state index contributed by atoms with van der Waals surface area (Å²) in [7, 11) is 0. The molecular formula is C18H20ClN3O6. The van der Waals surface area contributed by atoms with Crippen LogP contribution >= 0.6 is 11.6 Å². The summed E-state index contributed by atoms with van der Waals surface area (Å²) in [5, 5.41) is 0.326. The number of H-pyrrole nitrogens is 1. The van der Waals surface area contributed by atoms with Gasteiger partial charge in [-0.15, -0.1) is 0 Å². The first-order valence-corrected chi connectivity index (χ1v) is 8.82. The summed E-state index contributed by atoms with van der Waals surface area (Å²) < 4.78 is 11.2. The third-order valence-electron chi connectivity index (χ3n) is 3.76. The van der Waals surface area contributed by atoms with Gasteiger partial charge in [-0.2, -0.15) is 0 Å². The van der Waals surface area contributed by atoms with E-state index in [0.717, 1.165) is 10.1 Å². The number of nitrogen functional groups attached to an aromatic ring is 1. The number of anilines is 1. The molecule has 0 atom stereocenters. The minimum atomic E-state index is -0.932. The fourth-order valence-electron chi connectivity index (χ4n) is 2.42. The molecule has 0 spiro atoms. The quantitative estimate of drug-likeness (QED) is 0.495. The number of rotatable bonds is 8. The van der Waals surface area contributed by atoms with Crippen LogP contribution in [-0.4, -0.2) is 34.5 Å². The fourth-order valence-corrected chi connectivity index (χ4v) is 2.59. The first kappa shape index (κ1) is 21.2. The van der Waals surface area contributed by atoms with Gasteiger partial charge in [-0.25, -0.2) is 9.59 Å². The van der Waals surface area contributed by atoms with Gasteiger partial charge in [0.1, 0.15) is 17.1 Å². The zero-order valence-electron chi connectivity index (χ0n) is 15.4. The van der Waals surface area contributed by atoms with Gasteiger partial charge in [0.25, 0.3) is 5.56 Å². The lowest BCUT2D eigenvalue weighted by Gasteiger charge is -2.11. The molecule has 1 heterocycles. The highest BCUT2D eigenvalue weighted by Gasteiger charge is 2.20. The number of benzene rings is 1. The molecule has 3 N–H and O–H groups in total. The number of carbonyl (C=O) groups excluding carboxylic acids is 2. The number of nitrogens with zero attached hydrogens (tertiary/aromatic N) is 1. The minimum absolute atomic E-state index is 0.229. The van der Waals surface area contributed by atoms with E-state index < -0.39 is 41.8 Å². The maximum atomic E-state index is 12.3. The van der Waals surface area contributed by atoms with Crippen molar-refractivity contribution in [1.82, 2.24) is 9.55 Å². The van der Waals surface area contributed by atoms with Gasteiger partial charge in [0.2, 0.25) is 5.78 Å². The number of aromatic amines is 1. The number of hydrogen-bond acceptors (Lipinski definition) is 7. The van der Waals surface area contributed by atoms with Crippen molar-refractivity contribution in [2.75, 3.05) is 18.9 Å². The number of ether oxygens (including phenoxy) is 2. The molecule has 0 bridgehead atoms. The molecule has 0 aliphatic rings. The molecule has 9 nitrogen and oxygen atoms in total. The van der Waals surface area contributed by atoms with E-state index in [2.05, 4.69) is 0 Å². The lowest BCUT2D eigenvalue weighted by atomic mass is 10.2. The second-order valence-electron chi connectivity index (χ2n) is 5.98. The zero-order valence-corrected chi connectivity index (χ0v) is 16.2. The third-order valence-corrected chi connectivity index (χ3v) is 4.07. The van der Waals surface area contributed by atoms with Crippen LogP contribution < -0.4 is 21.7 Å². The van der Waals surface area contributed by atoms with Crippen LogP contribution in [0.15, 0.2) is 27.8 Å². The van der Waals surface area contributed by atoms with Crippen molar-refractivity contribution >= 4 is 29.2 Å². The van der Waals surface area contributed by atoms with Gasteiger partial charge in [0, 0.05) is 6.54 Å². The van der Waals surface area contributed by atoms with E-state index in [1.165, 1.54) is 0 Å². The van der Waals surface area contributed by atoms with E-state index in [-0.39, 0.29) is 12.4 Å². The Bertz CT molecular complexity index is 1010. The normalized spacial score (nSPS) is 10.5. The van der Waals surface area contributed by atoms with Crippen molar-refractivity contribution in [3.05, 3.63) is 55.2 Å². The van der Waals surface area contributed by atoms with E-state index >= 15 is 0 Å². The lowest BCUT2D eigenvalue weighted by Crippen LogP contribution is -2.37. The molecule has 0 saturated heterocycles. The lowest BCUT2D eigenvalue weighted by molar-refractivity contribution is -0.144. The molecule has 1 aromatic carbocycles. The standard InChI is InChI=1S/C18H20ClN3O6/c1-3-6-22-16(20)15(17(25)21-18(22)26)12(23)8-28-14(24)9-27-13-7-10(2)4-5-11(13)19/h4-5,7H,3,6,8-9,20H2,1-2H3,(H,21,25,26). The Labute approximate surface area is 165 Å². The molecule has 0 radical (unpaired) electrons. The van der Waals surface area contributed by atoms with Crippen LogP contribution in [-0.2, 0) is 16.1 Å². The molecule has 2 aromatic rings. The first-order valence-electron chi connectivity index (χ1n) is 8.45. The molecule has 150 valence electrons. The number of esters is 1. The number of hydrogen-bond donors (Lipinski definition) is 2.